The van der Waals surface area contributed by atoms with E-state index in [4.69, 9.17) is 16.1 Å². The molecule has 0 saturated heterocycles. The maximum Gasteiger partial charge on any atom is 0.255 e. The van der Waals surface area contributed by atoms with E-state index in [9.17, 15) is 4.79 Å². The van der Waals surface area contributed by atoms with Gasteiger partial charge in [0.2, 0.25) is 5.89 Å². The molecule has 2 N–H and O–H groups in total. The van der Waals surface area contributed by atoms with Crippen molar-refractivity contribution >= 4 is 28.9 Å². The first kappa shape index (κ1) is 18.9. The number of amides is 1. The molecule has 3 aromatic rings. The van der Waals surface area contributed by atoms with Crippen molar-refractivity contribution in [3.05, 3.63) is 70.8 Å². The van der Waals surface area contributed by atoms with Gasteiger partial charge in [-0.05, 0) is 55.5 Å². The quantitative estimate of drug-likeness (QED) is 0.605. The highest BCUT2D eigenvalue weighted by atomic mass is 35.5. The molecule has 1 atom stereocenters. The minimum absolute atomic E-state index is 0.125. The number of nitrogens with zero attached hydrogens (tertiary/aromatic N) is 2. The maximum atomic E-state index is 12.2. The molecule has 6 nitrogen and oxygen atoms in total. The summed E-state index contributed by atoms with van der Waals surface area (Å²) in [4.78, 5) is 16.6. The highest BCUT2D eigenvalue weighted by Gasteiger charge is 2.15. The van der Waals surface area contributed by atoms with Gasteiger partial charge in [0.05, 0.1) is 0 Å². The molecular weight excluding hydrogens is 364 g/mol. The van der Waals surface area contributed by atoms with Gasteiger partial charge in [-0.15, -0.1) is 0 Å². The summed E-state index contributed by atoms with van der Waals surface area (Å²) < 4.78 is 5.30. The molecule has 1 heterocycles. The fraction of sp³-hybridized carbons (Fsp3) is 0.250. The molecule has 0 bridgehead atoms. The van der Waals surface area contributed by atoms with Crippen LogP contribution in [0.4, 0.5) is 11.4 Å². The predicted octanol–water partition coefficient (Wildman–Crippen LogP) is 5.27. The summed E-state index contributed by atoms with van der Waals surface area (Å²) in [6.07, 6.45) is 0. The molecule has 140 valence electrons. The molecule has 0 fully saturated rings. The Labute approximate surface area is 162 Å². The number of carbonyl (C=O) groups is 1. The van der Waals surface area contributed by atoms with E-state index in [-0.39, 0.29) is 17.9 Å². The molecule has 0 aliphatic rings. The lowest BCUT2D eigenvalue weighted by Crippen LogP contribution is -2.12. The Morgan fingerprint density at radius 2 is 1.63 bits per heavy atom. The maximum absolute atomic E-state index is 12.2. The van der Waals surface area contributed by atoms with E-state index in [1.807, 2.05) is 45.0 Å². The van der Waals surface area contributed by atoms with E-state index in [0.29, 0.717) is 28.0 Å². The monoisotopic (exact) mass is 384 g/mol. The van der Waals surface area contributed by atoms with E-state index < -0.39 is 0 Å². The Morgan fingerprint density at radius 1 is 1.00 bits per heavy atom. The van der Waals surface area contributed by atoms with Crippen molar-refractivity contribution < 1.29 is 9.32 Å². The topological polar surface area (TPSA) is 80.0 Å². The van der Waals surface area contributed by atoms with Crippen LogP contribution < -0.4 is 10.6 Å². The van der Waals surface area contributed by atoms with E-state index in [1.165, 1.54) is 0 Å². The third-order valence-corrected chi connectivity index (χ3v) is 4.23. The van der Waals surface area contributed by atoms with Crippen molar-refractivity contribution in [2.75, 3.05) is 10.6 Å². The van der Waals surface area contributed by atoms with Crippen molar-refractivity contribution in [3.63, 3.8) is 0 Å². The van der Waals surface area contributed by atoms with Crippen molar-refractivity contribution in [2.24, 2.45) is 0 Å². The first-order valence-electron chi connectivity index (χ1n) is 8.69. The average Bonchev–Trinajstić information content (AvgIpc) is 3.14. The fourth-order valence-electron chi connectivity index (χ4n) is 2.42. The molecule has 7 heteroatoms. The SMILES string of the molecule is CC(C)c1noc(C(C)Nc2ccc(NC(=O)c3ccc(Cl)cc3)cc2)n1. The van der Waals surface area contributed by atoms with Crippen LogP contribution in [-0.4, -0.2) is 16.0 Å². The molecule has 2 aromatic carbocycles. The second-order valence-corrected chi connectivity index (χ2v) is 6.99. The van der Waals surface area contributed by atoms with Crippen LogP contribution in [0.2, 0.25) is 5.02 Å². The Morgan fingerprint density at radius 3 is 2.22 bits per heavy atom. The number of carbonyl (C=O) groups excluding carboxylic acids is 1. The van der Waals surface area contributed by atoms with Gasteiger partial charge in [-0.2, -0.15) is 4.98 Å². The summed E-state index contributed by atoms with van der Waals surface area (Å²) in [7, 11) is 0. The zero-order valence-electron chi connectivity index (χ0n) is 15.4. The van der Waals surface area contributed by atoms with Crippen LogP contribution in [0.25, 0.3) is 0 Å². The van der Waals surface area contributed by atoms with Gasteiger partial charge in [-0.1, -0.05) is 30.6 Å². The van der Waals surface area contributed by atoms with E-state index in [0.717, 1.165) is 5.69 Å². The predicted molar refractivity (Wildman–Crippen MR) is 106 cm³/mol. The lowest BCUT2D eigenvalue weighted by Gasteiger charge is -2.12. The third-order valence-electron chi connectivity index (χ3n) is 3.98. The number of aromatic nitrogens is 2. The van der Waals surface area contributed by atoms with Crippen molar-refractivity contribution in [2.45, 2.75) is 32.7 Å². The molecule has 3 rings (SSSR count). The van der Waals surface area contributed by atoms with Gasteiger partial charge < -0.3 is 15.2 Å². The molecule has 0 aliphatic heterocycles. The van der Waals surface area contributed by atoms with Crippen LogP contribution in [0.3, 0.4) is 0 Å². The molecular formula is C20H21ClN4O2. The van der Waals surface area contributed by atoms with Crippen LogP contribution in [0.5, 0.6) is 0 Å². The third kappa shape index (κ3) is 4.86. The zero-order chi connectivity index (χ0) is 19.4. The van der Waals surface area contributed by atoms with Crippen molar-refractivity contribution in [3.8, 4) is 0 Å². The summed E-state index contributed by atoms with van der Waals surface area (Å²) in [6, 6.07) is 14.0. The minimum atomic E-state index is -0.187. The van der Waals surface area contributed by atoms with Crippen LogP contribution in [-0.2, 0) is 0 Å². The summed E-state index contributed by atoms with van der Waals surface area (Å²) >= 11 is 5.84. The van der Waals surface area contributed by atoms with E-state index >= 15 is 0 Å². The minimum Gasteiger partial charge on any atom is -0.374 e. The highest BCUT2D eigenvalue weighted by Crippen LogP contribution is 2.21. The number of anilines is 2. The molecule has 0 spiro atoms. The Bertz CT molecular complexity index is 904. The summed E-state index contributed by atoms with van der Waals surface area (Å²) in [5.74, 6) is 1.27. The average molecular weight is 385 g/mol. The Balaban J connectivity index is 1.61. The van der Waals surface area contributed by atoms with Gasteiger partial charge in [-0.3, -0.25) is 4.79 Å². The van der Waals surface area contributed by atoms with Gasteiger partial charge in [0.25, 0.3) is 5.91 Å². The molecule has 0 saturated carbocycles. The van der Waals surface area contributed by atoms with Crippen molar-refractivity contribution in [1.82, 2.24) is 10.1 Å². The zero-order valence-corrected chi connectivity index (χ0v) is 16.1. The molecule has 1 aromatic heterocycles. The first-order chi connectivity index (χ1) is 12.9. The smallest absolute Gasteiger partial charge is 0.255 e. The van der Waals surface area contributed by atoms with E-state index in [1.54, 1.807) is 24.3 Å². The van der Waals surface area contributed by atoms with E-state index in [2.05, 4.69) is 20.8 Å². The highest BCUT2D eigenvalue weighted by molar-refractivity contribution is 6.30. The van der Waals surface area contributed by atoms with Crippen molar-refractivity contribution in [1.29, 1.82) is 0 Å². The largest absolute Gasteiger partial charge is 0.374 e. The first-order valence-corrected chi connectivity index (χ1v) is 9.07. The number of halogens is 1. The Hall–Kier alpha value is -2.86. The Kier molecular flexibility index (Phi) is 5.76. The molecule has 1 amide bonds. The van der Waals surface area contributed by atoms with Crippen LogP contribution >= 0.6 is 11.6 Å². The second-order valence-electron chi connectivity index (χ2n) is 6.55. The number of hydrogen-bond acceptors (Lipinski definition) is 5. The normalized spacial score (nSPS) is 12.0. The lowest BCUT2D eigenvalue weighted by molar-refractivity contribution is 0.102. The number of nitrogens with one attached hydrogen (secondary N) is 2. The molecule has 0 aliphatic carbocycles. The van der Waals surface area contributed by atoms with Gasteiger partial charge in [-0.25, -0.2) is 0 Å². The second kappa shape index (κ2) is 8.22. The van der Waals surface area contributed by atoms with Gasteiger partial charge in [0.1, 0.15) is 6.04 Å². The molecule has 0 radical (unpaired) electrons. The molecule has 27 heavy (non-hydrogen) atoms. The van der Waals surface area contributed by atoms with Gasteiger partial charge in [0, 0.05) is 27.9 Å². The van der Waals surface area contributed by atoms with Crippen LogP contribution in [0, 0.1) is 0 Å². The number of rotatable bonds is 6. The fourth-order valence-corrected chi connectivity index (χ4v) is 2.55. The van der Waals surface area contributed by atoms with Crippen LogP contribution in [0.15, 0.2) is 53.1 Å². The number of benzene rings is 2. The van der Waals surface area contributed by atoms with Gasteiger partial charge >= 0.3 is 0 Å². The van der Waals surface area contributed by atoms with Crippen LogP contribution in [0.1, 0.15) is 54.8 Å². The summed E-state index contributed by atoms with van der Waals surface area (Å²) in [5.41, 5.74) is 2.14. The standard InChI is InChI=1S/C20H21ClN4O2/c1-12(2)18-24-20(27-25-18)13(3)22-16-8-10-17(11-9-16)23-19(26)14-4-6-15(21)7-5-14/h4-13,22H,1-3H3,(H,23,26). The van der Waals surface area contributed by atoms with Gasteiger partial charge in [0.15, 0.2) is 5.82 Å². The number of hydrogen-bond donors (Lipinski definition) is 2. The lowest BCUT2D eigenvalue weighted by atomic mass is 10.2. The molecule has 1 unspecified atom stereocenters. The summed E-state index contributed by atoms with van der Waals surface area (Å²) in [6.45, 7) is 5.99. The summed E-state index contributed by atoms with van der Waals surface area (Å²) in [5, 5.41) is 10.7.